The first-order chi connectivity index (χ1) is 12.3. The first-order valence-electron chi connectivity index (χ1n) is 8.48. The second kappa shape index (κ2) is 5.85. The van der Waals surface area contributed by atoms with Crippen molar-refractivity contribution < 1.29 is 4.39 Å². The van der Waals surface area contributed by atoms with Crippen molar-refractivity contribution in [3.63, 3.8) is 0 Å². The molecule has 122 valence electrons. The molecule has 0 atom stereocenters. The fourth-order valence-electron chi connectivity index (χ4n) is 3.78. The second-order valence-corrected chi connectivity index (χ2v) is 7.51. The van der Waals surface area contributed by atoms with E-state index in [2.05, 4.69) is 36.4 Å². The van der Waals surface area contributed by atoms with E-state index in [-0.39, 0.29) is 5.82 Å². The minimum Gasteiger partial charge on any atom is -0.247 e. The monoisotopic (exact) mass is 345 g/mol. The van der Waals surface area contributed by atoms with Crippen LogP contribution >= 0.6 is 11.8 Å². The molecule has 2 heterocycles. The molecule has 5 rings (SSSR count). The first kappa shape index (κ1) is 14.9. The molecule has 0 saturated heterocycles. The molecule has 0 spiro atoms. The maximum atomic E-state index is 13.3. The van der Waals surface area contributed by atoms with Gasteiger partial charge in [-0.05, 0) is 64.4 Å². The molecule has 3 aromatic carbocycles. The smallest absolute Gasteiger partial charge is 0.123 e. The van der Waals surface area contributed by atoms with Gasteiger partial charge >= 0.3 is 0 Å². The Balaban J connectivity index is 1.89. The predicted molar refractivity (Wildman–Crippen MR) is 105 cm³/mol. The quantitative estimate of drug-likeness (QED) is 0.393. The summed E-state index contributed by atoms with van der Waals surface area (Å²) in [7, 11) is 0. The zero-order valence-electron chi connectivity index (χ0n) is 13.6. The Hall–Kier alpha value is -2.39. The van der Waals surface area contributed by atoms with Crippen LogP contribution in [-0.2, 0) is 12.2 Å². The number of benzene rings is 3. The molecule has 0 fully saturated rings. The summed E-state index contributed by atoms with van der Waals surface area (Å²) in [5, 5.41) is 3.83. The molecular formula is C22H16FNS. The van der Waals surface area contributed by atoms with Crippen LogP contribution in [0.25, 0.3) is 32.9 Å². The van der Waals surface area contributed by atoms with Gasteiger partial charge in [0.1, 0.15) is 5.82 Å². The van der Waals surface area contributed by atoms with Crippen LogP contribution in [0.5, 0.6) is 0 Å². The van der Waals surface area contributed by atoms with Gasteiger partial charge in [-0.15, -0.1) is 0 Å². The number of thioether (sulfide) groups is 1. The molecule has 1 aromatic heterocycles. The Morgan fingerprint density at radius 3 is 2.60 bits per heavy atom. The summed E-state index contributed by atoms with van der Waals surface area (Å²) >= 11 is 1.95. The van der Waals surface area contributed by atoms with Gasteiger partial charge in [-0.2, -0.15) is 11.8 Å². The minimum atomic E-state index is -0.209. The molecule has 3 heteroatoms. The first-order valence-corrected chi connectivity index (χ1v) is 9.63. The molecule has 1 nitrogen and oxygen atoms in total. The van der Waals surface area contributed by atoms with Crippen molar-refractivity contribution in [2.24, 2.45) is 0 Å². The SMILES string of the molecule is Fc1ccc(-c2nc3ccc4ccccc4c3c3c2CSCC3)cc1. The van der Waals surface area contributed by atoms with Crippen molar-refractivity contribution in [1.82, 2.24) is 4.98 Å². The van der Waals surface area contributed by atoms with Gasteiger partial charge in [-0.25, -0.2) is 9.37 Å². The van der Waals surface area contributed by atoms with E-state index in [1.54, 1.807) is 0 Å². The fraction of sp³-hybridized carbons (Fsp3) is 0.136. The number of pyridine rings is 1. The molecule has 0 N–H and O–H groups in total. The van der Waals surface area contributed by atoms with E-state index < -0.39 is 0 Å². The van der Waals surface area contributed by atoms with Gasteiger partial charge in [0.25, 0.3) is 0 Å². The van der Waals surface area contributed by atoms with Crippen LogP contribution in [-0.4, -0.2) is 10.7 Å². The Labute approximate surface area is 149 Å². The largest absolute Gasteiger partial charge is 0.247 e. The lowest BCUT2D eigenvalue weighted by atomic mass is 9.93. The highest BCUT2D eigenvalue weighted by atomic mass is 32.2. The highest BCUT2D eigenvalue weighted by molar-refractivity contribution is 7.98. The third kappa shape index (κ3) is 2.42. The van der Waals surface area contributed by atoms with Crippen LogP contribution < -0.4 is 0 Å². The van der Waals surface area contributed by atoms with Gasteiger partial charge in [0.05, 0.1) is 11.2 Å². The predicted octanol–water partition coefficient (Wildman–Crippen LogP) is 5.98. The number of aryl methyl sites for hydroxylation is 1. The zero-order valence-corrected chi connectivity index (χ0v) is 14.4. The van der Waals surface area contributed by atoms with Gasteiger partial charge in [0.15, 0.2) is 0 Å². The Bertz CT molecular complexity index is 1100. The molecule has 0 saturated carbocycles. The number of rotatable bonds is 1. The number of hydrogen-bond donors (Lipinski definition) is 0. The molecule has 1 aliphatic rings. The van der Waals surface area contributed by atoms with E-state index in [1.807, 2.05) is 23.9 Å². The van der Waals surface area contributed by atoms with Gasteiger partial charge in [-0.1, -0.05) is 30.3 Å². The van der Waals surface area contributed by atoms with Crippen molar-refractivity contribution in [2.45, 2.75) is 12.2 Å². The van der Waals surface area contributed by atoms with Crippen LogP contribution in [0.4, 0.5) is 4.39 Å². The molecule has 0 bridgehead atoms. The molecule has 0 amide bonds. The topological polar surface area (TPSA) is 12.9 Å². The highest BCUT2D eigenvalue weighted by Gasteiger charge is 2.20. The number of nitrogens with zero attached hydrogens (tertiary/aromatic N) is 1. The van der Waals surface area contributed by atoms with E-state index >= 15 is 0 Å². The number of hydrogen-bond acceptors (Lipinski definition) is 2. The average molecular weight is 345 g/mol. The van der Waals surface area contributed by atoms with Crippen molar-refractivity contribution in [3.8, 4) is 11.3 Å². The number of halogens is 1. The van der Waals surface area contributed by atoms with E-state index in [0.29, 0.717) is 0 Å². The van der Waals surface area contributed by atoms with Crippen LogP contribution in [0.3, 0.4) is 0 Å². The lowest BCUT2D eigenvalue weighted by Crippen LogP contribution is -2.07. The summed E-state index contributed by atoms with van der Waals surface area (Å²) in [6, 6.07) is 19.5. The van der Waals surface area contributed by atoms with Crippen LogP contribution in [0.15, 0.2) is 60.7 Å². The zero-order chi connectivity index (χ0) is 16.8. The number of fused-ring (bicyclic) bond motifs is 5. The van der Waals surface area contributed by atoms with Gasteiger partial charge < -0.3 is 0 Å². The van der Waals surface area contributed by atoms with E-state index in [9.17, 15) is 4.39 Å². The summed E-state index contributed by atoms with van der Waals surface area (Å²) in [4.78, 5) is 5.00. The summed E-state index contributed by atoms with van der Waals surface area (Å²) in [5.74, 6) is 1.89. The minimum absolute atomic E-state index is 0.209. The van der Waals surface area contributed by atoms with Gasteiger partial charge in [0.2, 0.25) is 0 Å². The molecule has 0 radical (unpaired) electrons. The van der Waals surface area contributed by atoms with Crippen LogP contribution in [0, 0.1) is 5.82 Å². The average Bonchev–Trinajstić information content (AvgIpc) is 2.67. The second-order valence-electron chi connectivity index (χ2n) is 6.41. The maximum absolute atomic E-state index is 13.3. The normalized spacial score (nSPS) is 14.0. The third-order valence-corrected chi connectivity index (χ3v) is 5.94. The van der Waals surface area contributed by atoms with E-state index in [1.165, 1.54) is 39.4 Å². The summed E-state index contributed by atoms with van der Waals surface area (Å²) < 4.78 is 13.3. The molecule has 1 aliphatic heterocycles. The van der Waals surface area contributed by atoms with Crippen molar-refractivity contribution >= 4 is 33.4 Å². The summed E-state index contributed by atoms with van der Waals surface area (Å²) in [6.45, 7) is 0. The molecule has 0 aliphatic carbocycles. The highest BCUT2D eigenvalue weighted by Crippen LogP contribution is 2.39. The third-order valence-electron chi connectivity index (χ3n) is 4.95. The van der Waals surface area contributed by atoms with E-state index in [0.717, 1.165) is 34.7 Å². The Kier molecular flexibility index (Phi) is 3.49. The molecule has 0 unspecified atom stereocenters. The van der Waals surface area contributed by atoms with Crippen molar-refractivity contribution in [2.75, 3.05) is 5.75 Å². The van der Waals surface area contributed by atoms with Gasteiger partial charge in [0, 0.05) is 16.7 Å². The van der Waals surface area contributed by atoms with E-state index in [4.69, 9.17) is 4.98 Å². The standard InChI is InChI=1S/C22H16FNS/c23-16-8-5-15(6-9-16)22-19-13-25-12-11-18(19)21-17-4-2-1-3-14(17)7-10-20(21)24-22/h1-10H,11-13H2. The van der Waals surface area contributed by atoms with Crippen molar-refractivity contribution in [3.05, 3.63) is 77.6 Å². The summed E-state index contributed by atoms with van der Waals surface area (Å²) in [5.41, 5.74) is 5.76. The lowest BCUT2D eigenvalue weighted by Gasteiger charge is -2.22. The van der Waals surface area contributed by atoms with Crippen LogP contribution in [0.2, 0.25) is 0 Å². The van der Waals surface area contributed by atoms with Gasteiger partial charge in [-0.3, -0.25) is 0 Å². The lowest BCUT2D eigenvalue weighted by molar-refractivity contribution is 0.628. The Morgan fingerprint density at radius 2 is 1.72 bits per heavy atom. The summed E-state index contributed by atoms with van der Waals surface area (Å²) in [6.07, 6.45) is 1.06. The molecule has 25 heavy (non-hydrogen) atoms. The molecule has 4 aromatic rings. The Morgan fingerprint density at radius 1 is 0.880 bits per heavy atom. The van der Waals surface area contributed by atoms with Crippen LogP contribution in [0.1, 0.15) is 11.1 Å². The maximum Gasteiger partial charge on any atom is 0.123 e. The fourth-order valence-corrected chi connectivity index (χ4v) is 4.79. The van der Waals surface area contributed by atoms with Crippen molar-refractivity contribution in [1.29, 1.82) is 0 Å². The number of aromatic nitrogens is 1. The molecular weight excluding hydrogens is 329 g/mol.